The van der Waals surface area contributed by atoms with Crippen molar-refractivity contribution in [1.29, 1.82) is 0 Å². The summed E-state index contributed by atoms with van der Waals surface area (Å²) in [5, 5.41) is 21.2. The molecule has 1 atom stereocenters. The molecular formula is C9H18NO2. The summed E-state index contributed by atoms with van der Waals surface area (Å²) in [6, 6.07) is 0. The molecular weight excluding hydrogens is 154 g/mol. The molecule has 0 saturated carbocycles. The minimum Gasteiger partial charge on any atom is -0.396 e. The molecule has 3 heteroatoms. The molecule has 0 aliphatic carbocycles. The first-order valence-electron chi connectivity index (χ1n) is 4.17. The highest BCUT2D eigenvalue weighted by Crippen LogP contribution is 2.12. The molecule has 3 N–H and O–H groups in total. The van der Waals surface area contributed by atoms with Crippen molar-refractivity contribution >= 4 is 0 Å². The first-order valence-corrected chi connectivity index (χ1v) is 4.17. The number of aliphatic hydroxyl groups excluding tert-OH is 1. The van der Waals surface area contributed by atoms with Crippen LogP contribution in [0.25, 0.3) is 0 Å². The third-order valence-corrected chi connectivity index (χ3v) is 1.74. The van der Waals surface area contributed by atoms with Crippen LogP contribution in [0.1, 0.15) is 19.3 Å². The fraction of sp³-hybridized carbons (Fsp3) is 0.667. The summed E-state index contributed by atoms with van der Waals surface area (Å²) in [7, 11) is 0. The molecule has 0 aromatic heterocycles. The molecule has 0 bridgehead atoms. The van der Waals surface area contributed by atoms with Crippen LogP contribution in [0.2, 0.25) is 0 Å². The van der Waals surface area contributed by atoms with Crippen LogP contribution in [0, 0.1) is 6.92 Å². The molecule has 0 rings (SSSR count). The second kappa shape index (κ2) is 6.17. The maximum atomic E-state index is 9.75. The van der Waals surface area contributed by atoms with E-state index in [1.54, 1.807) is 6.08 Å². The van der Waals surface area contributed by atoms with E-state index in [1.165, 1.54) is 0 Å². The molecule has 0 fully saturated rings. The van der Waals surface area contributed by atoms with E-state index < -0.39 is 5.72 Å². The zero-order valence-electron chi connectivity index (χ0n) is 7.42. The topological polar surface area (TPSA) is 52.5 Å². The second-order valence-electron chi connectivity index (χ2n) is 2.78. The molecule has 0 aromatic carbocycles. The fourth-order valence-corrected chi connectivity index (χ4v) is 0.935. The number of rotatable bonds is 7. The molecule has 3 nitrogen and oxygen atoms in total. The van der Waals surface area contributed by atoms with Gasteiger partial charge >= 0.3 is 0 Å². The third-order valence-electron chi connectivity index (χ3n) is 1.74. The van der Waals surface area contributed by atoms with Crippen molar-refractivity contribution in [1.82, 2.24) is 5.32 Å². The van der Waals surface area contributed by atoms with Crippen LogP contribution < -0.4 is 5.32 Å². The summed E-state index contributed by atoms with van der Waals surface area (Å²) in [4.78, 5) is 0. The first-order chi connectivity index (χ1) is 5.68. The normalized spacial score (nSPS) is 15.6. The van der Waals surface area contributed by atoms with Crippen LogP contribution in [0.5, 0.6) is 0 Å². The van der Waals surface area contributed by atoms with Gasteiger partial charge in [0, 0.05) is 13.2 Å². The smallest absolute Gasteiger partial charge is 0.116 e. The van der Waals surface area contributed by atoms with Gasteiger partial charge in [-0.25, -0.2) is 0 Å². The van der Waals surface area contributed by atoms with Crippen molar-refractivity contribution in [2.24, 2.45) is 0 Å². The zero-order valence-corrected chi connectivity index (χ0v) is 7.42. The van der Waals surface area contributed by atoms with Crippen molar-refractivity contribution in [3.63, 3.8) is 0 Å². The molecule has 0 heterocycles. The highest BCUT2D eigenvalue weighted by atomic mass is 16.3. The van der Waals surface area contributed by atoms with Crippen molar-refractivity contribution in [3.05, 3.63) is 19.6 Å². The Labute approximate surface area is 74.1 Å². The quantitative estimate of drug-likeness (QED) is 0.386. The largest absolute Gasteiger partial charge is 0.396 e. The lowest BCUT2D eigenvalue weighted by atomic mass is 10.0. The average molecular weight is 172 g/mol. The highest BCUT2D eigenvalue weighted by molar-refractivity contribution is 4.81. The van der Waals surface area contributed by atoms with Gasteiger partial charge in [-0.2, -0.15) is 0 Å². The molecule has 1 unspecified atom stereocenters. The Balaban J connectivity index is 3.77. The van der Waals surface area contributed by atoms with Gasteiger partial charge in [-0.05, 0) is 26.2 Å². The highest BCUT2D eigenvalue weighted by Gasteiger charge is 2.21. The zero-order chi connectivity index (χ0) is 9.45. The van der Waals surface area contributed by atoms with Crippen LogP contribution in [0.15, 0.2) is 12.7 Å². The van der Waals surface area contributed by atoms with Crippen LogP contribution >= 0.6 is 0 Å². The predicted octanol–water partition coefficient (Wildman–Crippen LogP) is 0.447. The Morgan fingerprint density at radius 3 is 2.58 bits per heavy atom. The maximum Gasteiger partial charge on any atom is 0.116 e. The van der Waals surface area contributed by atoms with Gasteiger partial charge in [0.25, 0.3) is 0 Å². The number of aliphatic hydroxyl groups is 2. The lowest BCUT2D eigenvalue weighted by Gasteiger charge is -2.27. The van der Waals surface area contributed by atoms with Crippen LogP contribution in [-0.4, -0.2) is 29.1 Å². The van der Waals surface area contributed by atoms with Crippen molar-refractivity contribution < 1.29 is 10.2 Å². The number of hydrogen-bond acceptors (Lipinski definition) is 3. The molecule has 0 saturated heterocycles. The summed E-state index contributed by atoms with van der Waals surface area (Å²) in [6.45, 7) is 7.82. The van der Waals surface area contributed by atoms with Crippen LogP contribution in [-0.2, 0) is 0 Å². The Hall–Kier alpha value is -0.380. The summed E-state index contributed by atoms with van der Waals surface area (Å²) in [6.07, 6.45) is 3.16. The van der Waals surface area contributed by atoms with Crippen LogP contribution in [0.3, 0.4) is 0 Å². The molecule has 1 radical (unpaired) electrons. The van der Waals surface area contributed by atoms with E-state index in [-0.39, 0.29) is 6.61 Å². The number of nitrogens with one attached hydrogen (secondary N) is 1. The molecule has 0 aromatic rings. The summed E-state index contributed by atoms with van der Waals surface area (Å²) in [5.74, 6) is 0. The van der Waals surface area contributed by atoms with Crippen molar-refractivity contribution in [2.45, 2.75) is 25.0 Å². The summed E-state index contributed by atoms with van der Waals surface area (Å²) in [5.41, 5.74) is -0.947. The first kappa shape index (κ1) is 11.6. The summed E-state index contributed by atoms with van der Waals surface area (Å²) < 4.78 is 0. The average Bonchev–Trinajstić information content (AvgIpc) is 2.11. The van der Waals surface area contributed by atoms with Crippen molar-refractivity contribution in [3.8, 4) is 0 Å². The molecule has 0 aliphatic heterocycles. The third kappa shape index (κ3) is 4.49. The van der Waals surface area contributed by atoms with E-state index in [4.69, 9.17) is 5.11 Å². The molecule has 0 amide bonds. The van der Waals surface area contributed by atoms with Gasteiger partial charge in [-0.3, -0.25) is 5.32 Å². The minimum absolute atomic E-state index is 0.0953. The van der Waals surface area contributed by atoms with E-state index >= 15 is 0 Å². The molecule has 71 valence electrons. The van der Waals surface area contributed by atoms with Gasteiger partial charge in [0.05, 0.1) is 0 Å². The molecule has 0 aliphatic rings. The standard InChI is InChI=1S/C9H18NO2/c1-3-7-10-9(12,4-2)6-5-8-11/h3,10-12H,1-2,4-8H2. The van der Waals surface area contributed by atoms with Gasteiger partial charge in [0.15, 0.2) is 0 Å². The maximum absolute atomic E-state index is 9.75. The van der Waals surface area contributed by atoms with Gasteiger partial charge in [-0.1, -0.05) is 6.08 Å². The Kier molecular flexibility index (Phi) is 5.98. The van der Waals surface area contributed by atoms with E-state index in [0.29, 0.717) is 25.8 Å². The monoisotopic (exact) mass is 172 g/mol. The lowest BCUT2D eigenvalue weighted by molar-refractivity contribution is -0.00288. The SMILES string of the molecule is [CH2]CC(O)(CCCO)NCC=C. The van der Waals surface area contributed by atoms with Gasteiger partial charge in [0.1, 0.15) is 5.72 Å². The second-order valence-corrected chi connectivity index (χ2v) is 2.78. The molecule has 12 heavy (non-hydrogen) atoms. The minimum atomic E-state index is -0.947. The van der Waals surface area contributed by atoms with E-state index in [1.807, 2.05) is 0 Å². The molecule has 0 spiro atoms. The van der Waals surface area contributed by atoms with Crippen molar-refractivity contribution in [2.75, 3.05) is 13.2 Å². The van der Waals surface area contributed by atoms with Gasteiger partial charge < -0.3 is 10.2 Å². The van der Waals surface area contributed by atoms with Gasteiger partial charge in [-0.15, -0.1) is 6.58 Å². The Bertz CT molecular complexity index is 128. The lowest BCUT2D eigenvalue weighted by Crippen LogP contribution is -2.44. The van der Waals surface area contributed by atoms with E-state index in [9.17, 15) is 5.11 Å². The van der Waals surface area contributed by atoms with E-state index in [2.05, 4.69) is 18.8 Å². The Morgan fingerprint density at radius 2 is 2.17 bits per heavy atom. The fourth-order valence-electron chi connectivity index (χ4n) is 0.935. The van der Waals surface area contributed by atoms with Crippen LogP contribution in [0.4, 0.5) is 0 Å². The predicted molar refractivity (Wildman–Crippen MR) is 49.4 cm³/mol. The van der Waals surface area contributed by atoms with Gasteiger partial charge in [0.2, 0.25) is 0 Å². The summed E-state index contributed by atoms with van der Waals surface area (Å²) >= 11 is 0. The van der Waals surface area contributed by atoms with E-state index in [0.717, 1.165) is 0 Å². The Morgan fingerprint density at radius 1 is 1.50 bits per heavy atom. The number of hydrogen-bond donors (Lipinski definition) is 3.